The van der Waals surface area contributed by atoms with Gasteiger partial charge in [0, 0.05) is 23.3 Å². The average Bonchev–Trinajstić information content (AvgIpc) is 3.43. The molecule has 4 rings (SSSR count). The number of thiazole rings is 1. The lowest BCUT2D eigenvalue weighted by Gasteiger charge is -2.48. The number of β-lactam (4-membered cyclic amide) rings is 1. The molecule has 1 aromatic carbocycles. The molecule has 1 aromatic heterocycles. The quantitative estimate of drug-likeness (QED) is 0.0843. The first kappa shape index (κ1) is 32.1. The third kappa shape index (κ3) is 7.75. The predicted octanol–water partition coefficient (Wildman–Crippen LogP) is 1.71. The van der Waals surface area contributed by atoms with E-state index in [1.165, 1.54) is 52.4 Å². The molecule has 2 aliphatic rings. The van der Waals surface area contributed by atoms with E-state index < -0.39 is 52.3 Å². The first-order valence-electron chi connectivity index (χ1n) is 12.8. The normalized spacial score (nSPS) is 17.8. The van der Waals surface area contributed by atoms with Gasteiger partial charge in [0.1, 0.15) is 35.0 Å². The molecule has 0 aliphatic carbocycles. The van der Waals surface area contributed by atoms with Crippen LogP contribution in [0.4, 0.5) is 10.8 Å². The Morgan fingerprint density at radius 2 is 1.98 bits per heavy atom. The van der Waals surface area contributed by atoms with Gasteiger partial charge in [-0.1, -0.05) is 5.16 Å². The zero-order chi connectivity index (χ0) is 32.0. The Bertz CT molecular complexity index is 1530. The highest BCUT2D eigenvalue weighted by molar-refractivity contribution is 8.00. The molecule has 2 aliphatic heterocycles. The van der Waals surface area contributed by atoms with E-state index in [-0.39, 0.29) is 34.5 Å². The van der Waals surface area contributed by atoms with Crippen LogP contribution in [-0.4, -0.2) is 80.1 Å². The van der Waals surface area contributed by atoms with Crippen molar-refractivity contribution in [1.29, 1.82) is 0 Å². The lowest BCUT2D eigenvalue weighted by Crippen LogP contribution is -2.70. The minimum atomic E-state index is -1.04. The van der Waals surface area contributed by atoms with Crippen LogP contribution in [0.1, 0.15) is 32.0 Å². The molecular formula is C26H26N6O10S2. The predicted molar refractivity (Wildman–Crippen MR) is 156 cm³/mol. The van der Waals surface area contributed by atoms with Crippen molar-refractivity contribution < 1.29 is 43.2 Å². The van der Waals surface area contributed by atoms with Crippen LogP contribution in [0.25, 0.3) is 0 Å². The number of thioether (sulfide) groups is 1. The fraction of sp³-hybridized carbons (Fsp3) is 0.346. The topological polar surface area (TPSA) is 209 Å². The molecule has 2 N–H and O–H groups in total. The summed E-state index contributed by atoms with van der Waals surface area (Å²) in [5, 5.41) is 20.5. The molecule has 0 saturated carbocycles. The Balaban J connectivity index is 1.41. The Morgan fingerprint density at radius 1 is 1.25 bits per heavy atom. The van der Waals surface area contributed by atoms with Crippen LogP contribution in [-0.2, 0) is 44.9 Å². The van der Waals surface area contributed by atoms with Gasteiger partial charge >= 0.3 is 11.9 Å². The number of carbonyl (C=O) groups excluding carboxylic acids is 5. The van der Waals surface area contributed by atoms with Crippen LogP contribution < -0.4 is 10.6 Å². The number of rotatable bonds is 12. The van der Waals surface area contributed by atoms with E-state index >= 15 is 0 Å². The van der Waals surface area contributed by atoms with Crippen molar-refractivity contribution in [1.82, 2.24) is 15.2 Å². The number of benzene rings is 1. The summed E-state index contributed by atoms with van der Waals surface area (Å²) in [4.78, 5) is 82.7. The Kier molecular flexibility index (Phi) is 9.94. The molecular weight excluding hydrogens is 620 g/mol. The van der Waals surface area contributed by atoms with E-state index in [9.17, 15) is 34.1 Å². The van der Waals surface area contributed by atoms with E-state index in [0.717, 1.165) is 11.3 Å². The summed E-state index contributed by atoms with van der Waals surface area (Å²) in [6, 6.07) is 4.44. The number of hydrogen-bond donors (Lipinski definition) is 2. The molecule has 0 spiro atoms. The minimum Gasteiger partial charge on any atom is -0.457 e. The first-order valence-corrected chi connectivity index (χ1v) is 14.7. The maximum Gasteiger partial charge on any atom is 0.355 e. The van der Waals surface area contributed by atoms with Gasteiger partial charge in [0.25, 0.3) is 17.5 Å². The van der Waals surface area contributed by atoms with Gasteiger partial charge in [-0.25, -0.2) is 14.6 Å². The van der Waals surface area contributed by atoms with Crippen molar-refractivity contribution in [3.63, 3.8) is 0 Å². The van der Waals surface area contributed by atoms with E-state index in [4.69, 9.17) is 14.3 Å². The standard InChI is InChI=1S/C26H26N6O10S2/c1-26(2,3)42-18(34)11-41-30-19(16-12-44-25(28-16)27-13-33)21(35)29-20-22(36)31-17(8-9-43-23(20)31)24(37)40-10-14-4-6-15(7-5-14)32(38)39/h4-8,12-13,20,23H,9-11H2,1-3H3,(H,29,35)(H,27,28,33)/t20?,23-/m0/s1. The van der Waals surface area contributed by atoms with Gasteiger partial charge in [-0.05, 0) is 44.5 Å². The summed E-state index contributed by atoms with van der Waals surface area (Å²) in [6.45, 7) is 4.23. The van der Waals surface area contributed by atoms with Gasteiger partial charge in [0.2, 0.25) is 13.0 Å². The van der Waals surface area contributed by atoms with Crippen LogP contribution in [0, 0.1) is 10.1 Å². The minimum absolute atomic E-state index is 0.00447. The number of ether oxygens (including phenoxy) is 2. The second-order valence-corrected chi connectivity index (χ2v) is 12.1. The number of nitrogens with one attached hydrogen (secondary N) is 2. The highest BCUT2D eigenvalue weighted by Crippen LogP contribution is 2.38. The number of esters is 2. The second kappa shape index (κ2) is 13.6. The Morgan fingerprint density at radius 3 is 2.64 bits per heavy atom. The van der Waals surface area contributed by atoms with Crippen molar-refractivity contribution in [2.75, 3.05) is 17.7 Å². The number of non-ortho nitro benzene ring substituents is 1. The molecule has 2 atom stereocenters. The van der Waals surface area contributed by atoms with E-state index in [1.807, 2.05) is 0 Å². The second-order valence-electron chi connectivity index (χ2n) is 10.1. The molecule has 16 nitrogen and oxygen atoms in total. The van der Waals surface area contributed by atoms with Gasteiger partial charge in [-0.2, -0.15) is 0 Å². The number of hydrogen-bond acceptors (Lipinski definition) is 14. The lowest BCUT2D eigenvalue weighted by atomic mass is 10.0. The molecule has 1 saturated heterocycles. The van der Waals surface area contributed by atoms with E-state index in [2.05, 4.69) is 20.8 Å². The van der Waals surface area contributed by atoms with Crippen molar-refractivity contribution in [2.24, 2.45) is 5.16 Å². The van der Waals surface area contributed by atoms with Crippen molar-refractivity contribution >= 4 is 69.8 Å². The maximum absolute atomic E-state index is 13.3. The molecule has 1 fully saturated rings. The van der Waals surface area contributed by atoms with E-state index in [0.29, 0.717) is 17.7 Å². The van der Waals surface area contributed by atoms with Crippen LogP contribution in [0.5, 0.6) is 0 Å². The number of oxime groups is 1. The van der Waals surface area contributed by atoms with E-state index in [1.54, 1.807) is 20.8 Å². The summed E-state index contributed by atoms with van der Waals surface area (Å²) in [7, 11) is 0. The molecule has 1 unspecified atom stereocenters. The number of carbonyl (C=O) groups is 5. The highest BCUT2D eigenvalue weighted by atomic mass is 32.2. The summed E-state index contributed by atoms with van der Waals surface area (Å²) < 4.78 is 10.5. The van der Waals surface area contributed by atoms with Gasteiger partial charge in [-0.15, -0.1) is 23.1 Å². The molecule has 3 heterocycles. The van der Waals surface area contributed by atoms with Crippen LogP contribution >= 0.6 is 23.1 Å². The monoisotopic (exact) mass is 646 g/mol. The molecule has 18 heteroatoms. The van der Waals surface area contributed by atoms with Gasteiger partial charge in [-0.3, -0.25) is 29.4 Å². The third-order valence-corrected chi connectivity index (χ3v) is 7.72. The van der Waals surface area contributed by atoms with Crippen molar-refractivity contribution in [3.8, 4) is 0 Å². The Hall–Kier alpha value is -4.84. The number of nitrogens with zero attached hydrogens (tertiary/aromatic N) is 4. The average molecular weight is 647 g/mol. The number of amides is 3. The summed E-state index contributed by atoms with van der Waals surface area (Å²) in [5.41, 5.74) is -0.714. The fourth-order valence-electron chi connectivity index (χ4n) is 3.90. The SMILES string of the molecule is CC(C)(C)OC(=O)CON=C(C(=O)NC1C(=O)N2C(C(=O)OCc3ccc([N+](=O)[O-])cc3)=CCS[C@@H]12)c1csc(NC=O)n1. The number of nitro groups is 1. The van der Waals surface area contributed by atoms with Crippen molar-refractivity contribution in [3.05, 3.63) is 62.8 Å². The molecule has 0 bridgehead atoms. The Labute approximate surface area is 257 Å². The number of aromatic nitrogens is 1. The van der Waals surface area contributed by atoms with Gasteiger partial charge < -0.3 is 24.9 Å². The summed E-state index contributed by atoms with van der Waals surface area (Å²) in [6.07, 6.45) is 1.94. The highest BCUT2D eigenvalue weighted by Gasteiger charge is 2.53. The van der Waals surface area contributed by atoms with Crippen LogP contribution in [0.3, 0.4) is 0 Å². The number of nitro benzene ring substituents is 1. The maximum atomic E-state index is 13.3. The van der Waals surface area contributed by atoms with Gasteiger partial charge in [0.05, 0.1) is 4.92 Å². The molecule has 232 valence electrons. The molecule has 3 amide bonds. The van der Waals surface area contributed by atoms with Crippen LogP contribution in [0.2, 0.25) is 0 Å². The van der Waals surface area contributed by atoms with Gasteiger partial charge in [0.15, 0.2) is 10.8 Å². The smallest absolute Gasteiger partial charge is 0.355 e. The third-order valence-electron chi connectivity index (χ3n) is 5.76. The fourth-order valence-corrected chi connectivity index (χ4v) is 5.75. The zero-order valence-electron chi connectivity index (χ0n) is 23.5. The lowest BCUT2D eigenvalue weighted by molar-refractivity contribution is -0.384. The van der Waals surface area contributed by atoms with Crippen molar-refractivity contribution in [2.45, 2.75) is 44.4 Å². The molecule has 44 heavy (non-hydrogen) atoms. The summed E-state index contributed by atoms with van der Waals surface area (Å²) in [5.74, 6) is -2.60. The number of anilines is 1. The van der Waals surface area contributed by atoms with Crippen LogP contribution in [0.15, 0.2) is 46.6 Å². The first-order chi connectivity index (χ1) is 20.9. The molecule has 0 radical (unpaired) electrons. The zero-order valence-corrected chi connectivity index (χ0v) is 25.1. The summed E-state index contributed by atoms with van der Waals surface area (Å²) >= 11 is 2.30. The molecule has 2 aromatic rings. The number of fused-ring (bicyclic) bond motifs is 1. The largest absolute Gasteiger partial charge is 0.457 e.